The standard InChI is InChI=1S/C22H44N4O5/c1-3-10-15(11-4-2)21-18(20(30)19(29)16(14-27)31-21)26-17(28)12-8-6-5-7-9-13-25-22(23)24/h15-16,18-21,27,29-30H,3-14H2,1-2H3,(H,26,28)(H4,23,24,25). The minimum atomic E-state index is -1.24. The number of nitrogens with two attached hydrogens (primary N) is 1. The molecule has 9 nitrogen and oxygen atoms in total. The van der Waals surface area contributed by atoms with Gasteiger partial charge in [-0.05, 0) is 31.6 Å². The molecular formula is C22H44N4O5. The van der Waals surface area contributed by atoms with Crippen LogP contribution in [0.15, 0.2) is 0 Å². The number of carbonyl (C=O) groups is 1. The zero-order valence-electron chi connectivity index (χ0n) is 19.2. The Kier molecular flexibility index (Phi) is 13.7. The summed E-state index contributed by atoms with van der Waals surface area (Å²) in [5, 5.41) is 43.3. The molecule has 0 radical (unpaired) electrons. The lowest BCUT2D eigenvalue weighted by Crippen LogP contribution is -2.65. The number of guanidine groups is 1. The van der Waals surface area contributed by atoms with E-state index in [1.54, 1.807) is 0 Å². The van der Waals surface area contributed by atoms with Crippen LogP contribution in [-0.4, -0.2) is 70.8 Å². The van der Waals surface area contributed by atoms with E-state index in [1.807, 2.05) is 0 Å². The number of aliphatic hydroxyl groups is 3. The van der Waals surface area contributed by atoms with Crippen LogP contribution < -0.4 is 16.4 Å². The van der Waals surface area contributed by atoms with E-state index in [-0.39, 0.29) is 24.4 Å². The molecule has 1 saturated heterocycles. The molecule has 5 atom stereocenters. The second-order valence-electron chi connectivity index (χ2n) is 8.59. The van der Waals surface area contributed by atoms with Crippen LogP contribution >= 0.6 is 0 Å². The third-order valence-corrected chi connectivity index (χ3v) is 5.97. The highest BCUT2D eigenvalue weighted by molar-refractivity contribution is 5.76. The van der Waals surface area contributed by atoms with Crippen molar-refractivity contribution >= 4 is 11.9 Å². The molecule has 0 spiro atoms. The highest BCUT2D eigenvalue weighted by Gasteiger charge is 2.47. The minimum Gasteiger partial charge on any atom is -0.394 e. The number of rotatable bonds is 15. The molecule has 182 valence electrons. The van der Waals surface area contributed by atoms with Crippen LogP contribution in [0.25, 0.3) is 0 Å². The van der Waals surface area contributed by atoms with Gasteiger partial charge in [-0.15, -0.1) is 0 Å². The molecule has 1 rings (SSSR count). The van der Waals surface area contributed by atoms with Gasteiger partial charge < -0.3 is 36.4 Å². The number of unbranched alkanes of at least 4 members (excludes halogenated alkanes) is 4. The average molecular weight is 445 g/mol. The van der Waals surface area contributed by atoms with Gasteiger partial charge in [0.25, 0.3) is 0 Å². The molecule has 0 aromatic carbocycles. The molecule has 1 amide bonds. The summed E-state index contributed by atoms with van der Waals surface area (Å²) in [5.41, 5.74) is 5.23. The molecule has 0 aromatic heterocycles. The third-order valence-electron chi connectivity index (χ3n) is 5.97. The van der Waals surface area contributed by atoms with Crippen LogP contribution in [-0.2, 0) is 9.53 Å². The average Bonchev–Trinajstić information content (AvgIpc) is 2.73. The van der Waals surface area contributed by atoms with Gasteiger partial charge in [-0.1, -0.05) is 46.0 Å². The van der Waals surface area contributed by atoms with Crippen LogP contribution in [0.1, 0.15) is 78.1 Å². The first-order chi connectivity index (χ1) is 14.8. The predicted molar refractivity (Wildman–Crippen MR) is 121 cm³/mol. The number of carbonyl (C=O) groups excluding carboxylic acids is 1. The normalized spacial score (nSPS) is 26.1. The van der Waals surface area contributed by atoms with Gasteiger partial charge in [-0.25, -0.2) is 0 Å². The molecule has 0 aromatic rings. The Morgan fingerprint density at radius 3 is 2.26 bits per heavy atom. The van der Waals surface area contributed by atoms with Gasteiger partial charge in [0.05, 0.1) is 18.8 Å². The summed E-state index contributed by atoms with van der Waals surface area (Å²) in [5.74, 6) is -0.0307. The number of ether oxygens (including phenoxy) is 1. The maximum atomic E-state index is 12.6. The van der Waals surface area contributed by atoms with Crippen LogP contribution in [0, 0.1) is 11.3 Å². The molecule has 5 unspecified atom stereocenters. The first-order valence-electron chi connectivity index (χ1n) is 11.8. The first-order valence-corrected chi connectivity index (χ1v) is 11.8. The van der Waals surface area contributed by atoms with Gasteiger partial charge >= 0.3 is 0 Å². The van der Waals surface area contributed by atoms with Crippen molar-refractivity contribution in [2.24, 2.45) is 11.7 Å². The summed E-state index contributed by atoms with van der Waals surface area (Å²) in [6.07, 6.45) is 4.95. The number of amides is 1. The van der Waals surface area contributed by atoms with Crippen molar-refractivity contribution in [1.29, 1.82) is 5.41 Å². The summed E-state index contributed by atoms with van der Waals surface area (Å²) >= 11 is 0. The highest BCUT2D eigenvalue weighted by atomic mass is 16.5. The topological polar surface area (TPSA) is 161 Å². The number of nitrogens with one attached hydrogen (secondary N) is 3. The molecule has 0 saturated carbocycles. The van der Waals surface area contributed by atoms with Crippen molar-refractivity contribution in [3.05, 3.63) is 0 Å². The fraction of sp³-hybridized carbons (Fsp3) is 0.909. The monoisotopic (exact) mass is 444 g/mol. The Morgan fingerprint density at radius 1 is 1.06 bits per heavy atom. The van der Waals surface area contributed by atoms with Crippen molar-refractivity contribution in [3.8, 4) is 0 Å². The number of aliphatic hydroxyl groups excluding tert-OH is 3. The molecule has 1 heterocycles. The summed E-state index contributed by atoms with van der Waals surface area (Å²) in [7, 11) is 0. The highest BCUT2D eigenvalue weighted by Crippen LogP contribution is 2.31. The van der Waals surface area contributed by atoms with Gasteiger partial charge in [0.15, 0.2) is 5.96 Å². The molecular weight excluding hydrogens is 400 g/mol. The van der Waals surface area contributed by atoms with Gasteiger partial charge in [0.1, 0.15) is 18.3 Å². The van der Waals surface area contributed by atoms with E-state index >= 15 is 0 Å². The van der Waals surface area contributed by atoms with E-state index < -0.39 is 30.5 Å². The quantitative estimate of drug-likeness (QED) is 0.113. The van der Waals surface area contributed by atoms with E-state index in [2.05, 4.69) is 24.5 Å². The molecule has 0 bridgehead atoms. The molecule has 9 heteroatoms. The largest absolute Gasteiger partial charge is 0.394 e. The lowest BCUT2D eigenvalue weighted by Gasteiger charge is -2.45. The Bertz CT molecular complexity index is 516. The Labute approximate surface area is 186 Å². The summed E-state index contributed by atoms with van der Waals surface area (Å²) in [6.45, 7) is 4.49. The molecule has 0 aliphatic carbocycles. The van der Waals surface area contributed by atoms with E-state index in [0.717, 1.165) is 57.8 Å². The van der Waals surface area contributed by atoms with Crippen LogP contribution in [0.5, 0.6) is 0 Å². The van der Waals surface area contributed by atoms with Crippen molar-refractivity contribution < 1.29 is 24.9 Å². The fourth-order valence-corrected chi connectivity index (χ4v) is 4.35. The fourth-order valence-electron chi connectivity index (χ4n) is 4.35. The van der Waals surface area contributed by atoms with Crippen molar-refractivity contribution in [2.45, 2.75) is 109 Å². The second-order valence-corrected chi connectivity index (χ2v) is 8.59. The molecule has 1 aliphatic heterocycles. The number of hydrogen-bond acceptors (Lipinski definition) is 6. The van der Waals surface area contributed by atoms with Crippen molar-refractivity contribution in [1.82, 2.24) is 10.6 Å². The summed E-state index contributed by atoms with van der Waals surface area (Å²) in [6, 6.07) is -0.689. The second kappa shape index (κ2) is 15.4. The van der Waals surface area contributed by atoms with E-state index in [9.17, 15) is 20.1 Å². The maximum Gasteiger partial charge on any atom is 0.220 e. The first kappa shape index (κ1) is 27.6. The Hall–Kier alpha value is -1.42. The van der Waals surface area contributed by atoms with Crippen molar-refractivity contribution in [3.63, 3.8) is 0 Å². The third kappa shape index (κ3) is 9.72. The summed E-state index contributed by atoms with van der Waals surface area (Å²) in [4.78, 5) is 12.6. The zero-order chi connectivity index (χ0) is 23.2. The van der Waals surface area contributed by atoms with Crippen LogP contribution in [0.2, 0.25) is 0 Å². The molecule has 1 fully saturated rings. The Balaban J connectivity index is 2.56. The lowest BCUT2D eigenvalue weighted by molar-refractivity contribution is -0.208. The van der Waals surface area contributed by atoms with Crippen LogP contribution in [0.4, 0.5) is 0 Å². The zero-order valence-corrected chi connectivity index (χ0v) is 19.2. The predicted octanol–water partition coefficient (Wildman–Crippen LogP) is 0.993. The van der Waals surface area contributed by atoms with Gasteiger partial charge in [-0.2, -0.15) is 0 Å². The molecule has 1 aliphatic rings. The summed E-state index contributed by atoms with van der Waals surface area (Å²) < 4.78 is 5.99. The van der Waals surface area contributed by atoms with Crippen LogP contribution in [0.3, 0.4) is 0 Å². The molecule has 31 heavy (non-hydrogen) atoms. The lowest BCUT2D eigenvalue weighted by atomic mass is 9.82. The molecule has 8 N–H and O–H groups in total. The van der Waals surface area contributed by atoms with E-state index in [1.165, 1.54) is 0 Å². The van der Waals surface area contributed by atoms with E-state index in [4.69, 9.17) is 15.9 Å². The minimum absolute atomic E-state index is 0.0144. The maximum absolute atomic E-state index is 12.6. The van der Waals surface area contributed by atoms with E-state index in [0.29, 0.717) is 13.0 Å². The van der Waals surface area contributed by atoms with Gasteiger partial charge in [0.2, 0.25) is 5.91 Å². The van der Waals surface area contributed by atoms with Crippen molar-refractivity contribution in [2.75, 3.05) is 13.2 Å². The van der Waals surface area contributed by atoms with Gasteiger partial charge in [0, 0.05) is 13.0 Å². The smallest absolute Gasteiger partial charge is 0.220 e. The Morgan fingerprint density at radius 2 is 1.68 bits per heavy atom. The SMILES string of the molecule is CCCC(CCC)C1OC(CO)C(O)C(O)C1NC(=O)CCCCCCCNC(=N)N. The number of hydrogen-bond donors (Lipinski definition) is 7. The van der Waals surface area contributed by atoms with Gasteiger partial charge in [-0.3, -0.25) is 10.2 Å².